The Bertz CT molecular complexity index is 443. The van der Waals surface area contributed by atoms with E-state index in [9.17, 15) is 4.79 Å². The molecule has 2 heterocycles. The van der Waals surface area contributed by atoms with Gasteiger partial charge in [-0.3, -0.25) is 9.69 Å². The first-order chi connectivity index (χ1) is 8.97. The molecule has 6 heteroatoms. The predicted molar refractivity (Wildman–Crippen MR) is 83.0 cm³/mol. The van der Waals surface area contributed by atoms with Crippen LogP contribution in [-0.4, -0.2) is 62.0 Å². The van der Waals surface area contributed by atoms with E-state index in [1.165, 1.54) is 11.3 Å². The van der Waals surface area contributed by atoms with E-state index in [-0.39, 0.29) is 5.91 Å². The first kappa shape index (κ1) is 15.0. The topological polar surface area (TPSA) is 35.6 Å². The van der Waals surface area contributed by atoms with Crippen molar-refractivity contribution in [3.63, 3.8) is 0 Å². The second kappa shape index (κ2) is 6.35. The number of carbonyl (C=O) groups is 1. The summed E-state index contributed by atoms with van der Waals surface area (Å²) in [5.41, 5.74) is 1.12. The summed E-state index contributed by atoms with van der Waals surface area (Å²) in [7, 11) is 4.25. The van der Waals surface area contributed by atoms with Crippen LogP contribution in [0.4, 0.5) is 0 Å². The summed E-state index contributed by atoms with van der Waals surface area (Å²) < 4.78 is 1.03. The molecule has 0 spiro atoms. The molecule has 19 heavy (non-hydrogen) atoms. The van der Waals surface area contributed by atoms with E-state index >= 15 is 0 Å². The smallest absolute Gasteiger partial charge is 0.261 e. The second-order valence-electron chi connectivity index (χ2n) is 5.17. The zero-order valence-electron chi connectivity index (χ0n) is 11.6. The fraction of sp³-hybridized carbons (Fsp3) is 0.615. The van der Waals surface area contributed by atoms with Crippen LogP contribution < -0.4 is 5.32 Å². The van der Waals surface area contributed by atoms with Gasteiger partial charge in [0.1, 0.15) is 0 Å². The molecule has 1 N–H and O–H groups in total. The molecule has 2 rings (SSSR count). The number of nitrogens with one attached hydrogen (secondary N) is 1. The van der Waals surface area contributed by atoms with Gasteiger partial charge in [0.05, 0.1) is 8.66 Å². The van der Waals surface area contributed by atoms with Gasteiger partial charge < -0.3 is 10.2 Å². The molecular weight excluding hydrogens is 326 g/mol. The molecule has 0 saturated carbocycles. The molecule has 0 bridgehead atoms. The van der Waals surface area contributed by atoms with Crippen molar-refractivity contribution in [2.24, 2.45) is 0 Å². The molecular formula is C13H20BrN3OS. The van der Waals surface area contributed by atoms with Crippen LogP contribution in [0.3, 0.4) is 0 Å². The summed E-state index contributed by atoms with van der Waals surface area (Å²) in [5, 5.41) is 3.04. The third-order valence-electron chi connectivity index (χ3n) is 3.56. The molecule has 1 atom stereocenters. The van der Waals surface area contributed by atoms with Gasteiger partial charge in [0.2, 0.25) is 0 Å². The van der Waals surface area contributed by atoms with Crippen LogP contribution in [0.25, 0.3) is 0 Å². The summed E-state index contributed by atoms with van der Waals surface area (Å²) in [6.45, 7) is 5.86. The summed E-state index contributed by atoms with van der Waals surface area (Å²) in [6, 6.07) is 2.33. The van der Waals surface area contributed by atoms with Crippen molar-refractivity contribution in [2.45, 2.75) is 13.0 Å². The van der Waals surface area contributed by atoms with Gasteiger partial charge in [-0.1, -0.05) is 0 Å². The number of hydrogen-bond acceptors (Lipinski definition) is 4. The molecule has 0 aromatic carbocycles. The maximum absolute atomic E-state index is 12.1. The maximum Gasteiger partial charge on any atom is 0.261 e. The van der Waals surface area contributed by atoms with E-state index in [0.29, 0.717) is 12.6 Å². The van der Waals surface area contributed by atoms with E-state index in [1.54, 1.807) is 0 Å². The monoisotopic (exact) mass is 345 g/mol. The Morgan fingerprint density at radius 3 is 2.89 bits per heavy atom. The average Bonchev–Trinajstić information content (AvgIpc) is 2.70. The van der Waals surface area contributed by atoms with Crippen LogP contribution in [0.15, 0.2) is 9.85 Å². The Hall–Kier alpha value is -0.430. The molecule has 1 aliphatic rings. The maximum atomic E-state index is 12.1. The van der Waals surface area contributed by atoms with Crippen LogP contribution in [0, 0.1) is 6.92 Å². The highest BCUT2D eigenvalue weighted by atomic mass is 79.9. The summed E-state index contributed by atoms with van der Waals surface area (Å²) in [6.07, 6.45) is 0. The molecule has 106 valence electrons. The van der Waals surface area contributed by atoms with Crippen molar-refractivity contribution in [2.75, 3.05) is 40.3 Å². The van der Waals surface area contributed by atoms with Gasteiger partial charge in [-0.15, -0.1) is 11.3 Å². The molecule has 0 radical (unpaired) electrons. The minimum absolute atomic E-state index is 0.0282. The number of likely N-dealkylation sites (N-methyl/N-ethyl adjacent to an activating group) is 2. The van der Waals surface area contributed by atoms with Crippen molar-refractivity contribution >= 4 is 33.2 Å². The molecule has 1 aromatic heterocycles. The number of aryl methyl sites for hydroxylation is 1. The fourth-order valence-corrected chi connectivity index (χ4v) is 3.64. The van der Waals surface area contributed by atoms with Crippen LogP contribution in [0.2, 0.25) is 0 Å². The third-order valence-corrected chi connectivity index (χ3v) is 5.69. The Morgan fingerprint density at radius 1 is 1.53 bits per heavy atom. The lowest BCUT2D eigenvalue weighted by atomic mass is 10.2. The SMILES string of the molecule is Cc1cc(C(=O)NCC2CN(C)CCN2C)sc1Br. The highest BCUT2D eigenvalue weighted by molar-refractivity contribution is 9.11. The summed E-state index contributed by atoms with van der Waals surface area (Å²) in [5.74, 6) is 0.0282. The van der Waals surface area contributed by atoms with E-state index < -0.39 is 0 Å². The molecule has 1 aromatic rings. The van der Waals surface area contributed by atoms with E-state index in [1.807, 2.05) is 13.0 Å². The fourth-order valence-electron chi connectivity index (χ4n) is 2.19. The number of hydrogen-bond donors (Lipinski definition) is 1. The number of nitrogens with zero attached hydrogens (tertiary/aromatic N) is 2. The van der Waals surface area contributed by atoms with Gasteiger partial charge in [-0.25, -0.2) is 0 Å². The van der Waals surface area contributed by atoms with Crippen LogP contribution >= 0.6 is 27.3 Å². The Kier molecular flexibility index (Phi) is 5.00. The second-order valence-corrected chi connectivity index (χ2v) is 7.54. The van der Waals surface area contributed by atoms with Gasteiger partial charge in [-0.05, 0) is 48.6 Å². The van der Waals surface area contributed by atoms with Gasteiger partial charge in [0, 0.05) is 32.2 Å². The summed E-state index contributed by atoms with van der Waals surface area (Å²) in [4.78, 5) is 17.5. The number of carbonyl (C=O) groups excluding carboxylic acids is 1. The van der Waals surface area contributed by atoms with Crippen molar-refractivity contribution in [1.29, 1.82) is 0 Å². The molecule has 1 aliphatic heterocycles. The van der Waals surface area contributed by atoms with E-state index in [0.717, 1.165) is 33.9 Å². The van der Waals surface area contributed by atoms with Crippen LogP contribution in [0.5, 0.6) is 0 Å². The zero-order valence-corrected chi connectivity index (χ0v) is 14.0. The minimum atomic E-state index is 0.0282. The minimum Gasteiger partial charge on any atom is -0.350 e. The lowest BCUT2D eigenvalue weighted by molar-refractivity contribution is 0.0884. The number of halogens is 1. The standard InChI is InChI=1S/C13H20BrN3OS/c1-9-6-11(19-12(9)14)13(18)15-7-10-8-16(2)4-5-17(10)3/h6,10H,4-5,7-8H2,1-3H3,(H,15,18). The van der Waals surface area contributed by atoms with E-state index in [2.05, 4.69) is 45.1 Å². The molecule has 1 saturated heterocycles. The summed E-state index contributed by atoms with van der Waals surface area (Å²) >= 11 is 4.94. The van der Waals surface area contributed by atoms with Gasteiger partial charge in [-0.2, -0.15) is 0 Å². The first-order valence-electron chi connectivity index (χ1n) is 6.40. The highest BCUT2D eigenvalue weighted by Gasteiger charge is 2.22. The van der Waals surface area contributed by atoms with Gasteiger partial charge in [0.25, 0.3) is 5.91 Å². The molecule has 1 unspecified atom stereocenters. The molecule has 1 fully saturated rings. The van der Waals surface area contributed by atoms with Gasteiger partial charge in [0.15, 0.2) is 0 Å². The number of piperazine rings is 1. The molecule has 1 amide bonds. The Morgan fingerprint density at radius 2 is 2.26 bits per heavy atom. The van der Waals surface area contributed by atoms with Crippen LogP contribution in [0.1, 0.15) is 15.2 Å². The van der Waals surface area contributed by atoms with Crippen molar-refractivity contribution in [3.05, 3.63) is 20.3 Å². The van der Waals surface area contributed by atoms with Crippen molar-refractivity contribution < 1.29 is 4.79 Å². The predicted octanol–water partition coefficient (Wildman–Crippen LogP) is 1.79. The number of amides is 1. The molecule has 4 nitrogen and oxygen atoms in total. The lowest BCUT2D eigenvalue weighted by Gasteiger charge is -2.37. The van der Waals surface area contributed by atoms with Crippen LogP contribution in [-0.2, 0) is 0 Å². The van der Waals surface area contributed by atoms with Gasteiger partial charge >= 0.3 is 0 Å². The number of thiophene rings is 1. The Labute approximate surface area is 126 Å². The molecule has 0 aliphatic carbocycles. The normalized spacial score (nSPS) is 21.6. The van der Waals surface area contributed by atoms with E-state index in [4.69, 9.17) is 0 Å². The largest absolute Gasteiger partial charge is 0.350 e. The lowest BCUT2D eigenvalue weighted by Crippen LogP contribution is -2.54. The highest BCUT2D eigenvalue weighted by Crippen LogP contribution is 2.27. The Balaban J connectivity index is 1.89. The first-order valence-corrected chi connectivity index (χ1v) is 8.01. The van der Waals surface area contributed by atoms with Crippen molar-refractivity contribution in [3.8, 4) is 0 Å². The average molecular weight is 346 g/mol. The third kappa shape index (κ3) is 3.78. The van der Waals surface area contributed by atoms with Crippen molar-refractivity contribution in [1.82, 2.24) is 15.1 Å². The quantitative estimate of drug-likeness (QED) is 0.907. The zero-order chi connectivity index (χ0) is 14.0. The number of rotatable bonds is 3.